The van der Waals surface area contributed by atoms with Crippen LogP contribution in [0.1, 0.15) is 18.1 Å². The van der Waals surface area contributed by atoms with Crippen molar-refractivity contribution in [1.29, 1.82) is 0 Å². The SMILES string of the molecule is CCNC(=O)[C@@H](Cc1ccccc1)N(Cc1ccccc1)C(=O)COc1cccc2ccccc12. The Bertz CT molecular complexity index is 1250. The van der Waals surface area contributed by atoms with Crippen LogP contribution < -0.4 is 10.1 Å². The van der Waals surface area contributed by atoms with Crippen molar-refractivity contribution >= 4 is 22.6 Å². The molecule has 1 N–H and O–H groups in total. The van der Waals surface area contributed by atoms with Crippen LogP contribution in [-0.2, 0) is 22.6 Å². The van der Waals surface area contributed by atoms with Gasteiger partial charge in [-0.05, 0) is 29.5 Å². The second kappa shape index (κ2) is 11.8. The van der Waals surface area contributed by atoms with Gasteiger partial charge in [0.2, 0.25) is 5.91 Å². The number of carbonyl (C=O) groups excluding carboxylic acids is 2. The number of likely N-dealkylation sites (N-methyl/N-ethyl adjacent to an activating group) is 1. The Balaban J connectivity index is 1.61. The summed E-state index contributed by atoms with van der Waals surface area (Å²) in [5, 5.41) is 4.90. The number of fused-ring (bicyclic) bond motifs is 1. The van der Waals surface area contributed by atoms with Crippen molar-refractivity contribution in [3.63, 3.8) is 0 Å². The summed E-state index contributed by atoms with van der Waals surface area (Å²) < 4.78 is 6.02. The Morgan fingerprint density at radius 1 is 0.800 bits per heavy atom. The summed E-state index contributed by atoms with van der Waals surface area (Å²) >= 11 is 0. The minimum Gasteiger partial charge on any atom is -0.483 e. The van der Waals surface area contributed by atoms with Gasteiger partial charge in [0.15, 0.2) is 6.61 Å². The minimum absolute atomic E-state index is 0.161. The van der Waals surface area contributed by atoms with Gasteiger partial charge < -0.3 is 15.0 Å². The van der Waals surface area contributed by atoms with Gasteiger partial charge in [-0.25, -0.2) is 0 Å². The van der Waals surface area contributed by atoms with Crippen molar-refractivity contribution in [2.45, 2.75) is 25.9 Å². The van der Waals surface area contributed by atoms with E-state index in [1.54, 1.807) is 4.90 Å². The van der Waals surface area contributed by atoms with Crippen molar-refractivity contribution in [2.75, 3.05) is 13.2 Å². The zero-order valence-corrected chi connectivity index (χ0v) is 19.9. The molecular formula is C30H30N2O3. The molecule has 4 rings (SSSR count). The molecule has 0 aliphatic heterocycles. The van der Waals surface area contributed by atoms with Crippen LogP contribution in [0.5, 0.6) is 5.75 Å². The molecule has 2 amide bonds. The molecule has 0 aliphatic rings. The zero-order valence-electron chi connectivity index (χ0n) is 19.9. The number of amides is 2. The molecule has 0 fully saturated rings. The summed E-state index contributed by atoms with van der Waals surface area (Å²) in [6.07, 6.45) is 0.416. The van der Waals surface area contributed by atoms with E-state index in [0.717, 1.165) is 21.9 Å². The standard InChI is InChI=1S/C30H30N2O3/c1-2-31-30(34)27(20-23-12-5-3-6-13-23)32(21-24-14-7-4-8-15-24)29(33)22-35-28-19-11-17-25-16-9-10-18-26(25)28/h3-19,27H,2,20-22H2,1H3,(H,31,34)/t27-/m1/s1. The number of carbonyl (C=O) groups is 2. The molecule has 0 saturated heterocycles. The lowest BCUT2D eigenvalue weighted by Gasteiger charge is -2.31. The Morgan fingerprint density at radius 2 is 1.43 bits per heavy atom. The Hall–Kier alpha value is -4.12. The molecule has 0 bridgehead atoms. The summed E-state index contributed by atoms with van der Waals surface area (Å²) in [5.74, 6) is 0.230. The molecule has 35 heavy (non-hydrogen) atoms. The molecule has 0 saturated carbocycles. The number of nitrogens with one attached hydrogen (secondary N) is 1. The molecular weight excluding hydrogens is 436 g/mol. The predicted molar refractivity (Wildman–Crippen MR) is 139 cm³/mol. The Morgan fingerprint density at radius 3 is 2.14 bits per heavy atom. The van der Waals surface area contributed by atoms with Crippen molar-refractivity contribution < 1.29 is 14.3 Å². The van der Waals surface area contributed by atoms with E-state index in [1.807, 2.05) is 110 Å². The van der Waals surface area contributed by atoms with Gasteiger partial charge in [-0.1, -0.05) is 97.1 Å². The fourth-order valence-electron chi connectivity index (χ4n) is 4.17. The molecule has 0 heterocycles. The first kappa shape index (κ1) is 24.0. The van der Waals surface area contributed by atoms with Crippen molar-refractivity contribution in [2.24, 2.45) is 0 Å². The van der Waals surface area contributed by atoms with E-state index in [-0.39, 0.29) is 18.4 Å². The largest absolute Gasteiger partial charge is 0.483 e. The van der Waals surface area contributed by atoms with Gasteiger partial charge in [-0.15, -0.1) is 0 Å². The molecule has 1 atom stereocenters. The third-order valence-electron chi connectivity index (χ3n) is 5.92. The molecule has 0 aliphatic carbocycles. The number of rotatable bonds is 10. The molecule has 5 nitrogen and oxygen atoms in total. The molecule has 4 aromatic rings. The van der Waals surface area contributed by atoms with E-state index in [0.29, 0.717) is 25.3 Å². The smallest absolute Gasteiger partial charge is 0.261 e. The first-order chi connectivity index (χ1) is 17.2. The Kier molecular flexibility index (Phi) is 8.12. The highest BCUT2D eigenvalue weighted by molar-refractivity contribution is 5.90. The lowest BCUT2D eigenvalue weighted by atomic mass is 10.0. The molecule has 178 valence electrons. The van der Waals surface area contributed by atoms with E-state index in [1.165, 1.54) is 0 Å². The lowest BCUT2D eigenvalue weighted by molar-refractivity contribution is -0.142. The highest BCUT2D eigenvalue weighted by atomic mass is 16.5. The van der Waals surface area contributed by atoms with Gasteiger partial charge in [0, 0.05) is 24.9 Å². The summed E-state index contributed by atoms with van der Waals surface area (Å²) in [7, 11) is 0. The first-order valence-electron chi connectivity index (χ1n) is 11.9. The molecule has 0 aromatic heterocycles. The fourth-order valence-corrected chi connectivity index (χ4v) is 4.17. The van der Waals surface area contributed by atoms with Crippen LogP contribution in [0.25, 0.3) is 10.8 Å². The normalized spacial score (nSPS) is 11.6. The van der Waals surface area contributed by atoms with Crippen LogP contribution >= 0.6 is 0 Å². The quantitative estimate of drug-likeness (QED) is 0.358. The molecule has 0 radical (unpaired) electrons. The number of nitrogens with zero attached hydrogens (tertiary/aromatic N) is 1. The fraction of sp³-hybridized carbons (Fsp3) is 0.200. The second-order valence-corrected chi connectivity index (χ2v) is 8.37. The number of benzene rings is 4. The number of ether oxygens (including phenoxy) is 1. The van der Waals surface area contributed by atoms with Gasteiger partial charge >= 0.3 is 0 Å². The topological polar surface area (TPSA) is 58.6 Å². The first-order valence-corrected chi connectivity index (χ1v) is 11.9. The van der Waals surface area contributed by atoms with Crippen LogP contribution in [-0.4, -0.2) is 35.9 Å². The van der Waals surface area contributed by atoms with Crippen LogP contribution in [0.15, 0.2) is 103 Å². The third-order valence-corrected chi connectivity index (χ3v) is 5.92. The second-order valence-electron chi connectivity index (χ2n) is 8.37. The summed E-state index contributed by atoms with van der Waals surface area (Å²) in [4.78, 5) is 28.4. The van der Waals surface area contributed by atoms with Crippen molar-refractivity contribution in [1.82, 2.24) is 10.2 Å². The predicted octanol–water partition coefficient (Wildman–Crippen LogP) is 4.99. The summed E-state index contributed by atoms with van der Waals surface area (Å²) in [6, 6.07) is 32.5. The Labute approximate surface area is 206 Å². The van der Waals surface area contributed by atoms with Crippen molar-refractivity contribution in [3.05, 3.63) is 114 Å². The maximum Gasteiger partial charge on any atom is 0.261 e. The third kappa shape index (κ3) is 6.27. The summed E-state index contributed by atoms with van der Waals surface area (Å²) in [6.45, 7) is 2.52. The van der Waals surface area contributed by atoms with E-state index < -0.39 is 6.04 Å². The number of hydrogen-bond acceptors (Lipinski definition) is 3. The molecule has 0 spiro atoms. The molecule has 4 aromatic carbocycles. The average molecular weight is 467 g/mol. The minimum atomic E-state index is -0.666. The maximum absolute atomic E-state index is 13.6. The van der Waals surface area contributed by atoms with E-state index in [2.05, 4.69) is 5.32 Å². The van der Waals surface area contributed by atoms with E-state index in [4.69, 9.17) is 4.74 Å². The van der Waals surface area contributed by atoms with Crippen LogP contribution in [0, 0.1) is 0 Å². The average Bonchev–Trinajstić information content (AvgIpc) is 2.90. The zero-order chi connectivity index (χ0) is 24.5. The van der Waals surface area contributed by atoms with E-state index in [9.17, 15) is 9.59 Å². The van der Waals surface area contributed by atoms with Crippen molar-refractivity contribution in [3.8, 4) is 5.75 Å². The van der Waals surface area contributed by atoms with Gasteiger partial charge in [0.1, 0.15) is 11.8 Å². The summed E-state index contributed by atoms with van der Waals surface area (Å²) in [5.41, 5.74) is 1.94. The van der Waals surface area contributed by atoms with Crippen LogP contribution in [0.4, 0.5) is 0 Å². The highest BCUT2D eigenvalue weighted by Gasteiger charge is 2.30. The van der Waals surface area contributed by atoms with Crippen LogP contribution in [0.3, 0.4) is 0 Å². The monoisotopic (exact) mass is 466 g/mol. The molecule has 5 heteroatoms. The van der Waals surface area contributed by atoms with Crippen LogP contribution in [0.2, 0.25) is 0 Å². The lowest BCUT2D eigenvalue weighted by Crippen LogP contribution is -2.51. The molecule has 0 unspecified atom stereocenters. The highest BCUT2D eigenvalue weighted by Crippen LogP contribution is 2.25. The van der Waals surface area contributed by atoms with Gasteiger partial charge in [0.05, 0.1) is 0 Å². The van der Waals surface area contributed by atoms with Gasteiger partial charge in [-0.3, -0.25) is 9.59 Å². The van der Waals surface area contributed by atoms with Gasteiger partial charge in [-0.2, -0.15) is 0 Å². The number of hydrogen-bond donors (Lipinski definition) is 1. The maximum atomic E-state index is 13.6. The van der Waals surface area contributed by atoms with Gasteiger partial charge in [0.25, 0.3) is 5.91 Å². The van der Waals surface area contributed by atoms with E-state index >= 15 is 0 Å².